The number of alkyl halides is 4. The van der Waals surface area contributed by atoms with Gasteiger partial charge in [-0.05, 0) is 88.0 Å². The topological polar surface area (TPSA) is 61.8 Å². The lowest BCUT2D eigenvalue weighted by Crippen LogP contribution is -2.43. The van der Waals surface area contributed by atoms with Gasteiger partial charge in [0.1, 0.15) is 24.7 Å². The third kappa shape index (κ3) is 8.30. The van der Waals surface area contributed by atoms with E-state index in [1.807, 2.05) is 0 Å². The molecule has 0 aromatic heterocycles. The van der Waals surface area contributed by atoms with Crippen LogP contribution >= 0.6 is 112 Å². The first-order valence-electron chi connectivity index (χ1n) is 8.67. The van der Waals surface area contributed by atoms with E-state index in [1.165, 1.54) is 0 Å². The van der Waals surface area contributed by atoms with E-state index in [0.29, 0.717) is 29.4 Å². The molecule has 2 rings (SSSR count). The van der Waals surface area contributed by atoms with E-state index < -0.39 is 27.6 Å². The normalized spacial score (nSPS) is 12.6. The monoisotopic (exact) mass is 949 g/mol. The van der Waals surface area contributed by atoms with Crippen molar-refractivity contribution in [2.45, 2.75) is 5.51 Å². The fourth-order valence-corrected chi connectivity index (χ4v) is 8.29. The SMILES string of the molecule is O=S(=O)(OCC(CBr)(COc1c(Br)cc(Br)cc1Br)COc1c(Br)cc(Br)cc1Br)C(F)(F)F. The number of hydrogen-bond acceptors (Lipinski definition) is 5. The van der Waals surface area contributed by atoms with Gasteiger partial charge >= 0.3 is 15.6 Å². The molecule has 2 aromatic rings. The zero-order chi connectivity index (χ0) is 25.9. The highest BCUT2D eigenvalue weighted by molar-refractivity contribution is 9.12. The van der Waals surface area contributed by atoms with Crippen LogP contribution in [0.15, 0.2) is 51.1 Å². The van der Waals surface area contributed by atoms with Crippen molar-refractivity contribution in [1.82, 2.24) is 0 Å². The Morgan fingerprint density at radius 1 is 0.706 bits per heavy atom. The summed E-state index contributed by atoms with van der Waals surface area (Å²) in [6.45, 7) is -1.37. The van der Waals surface area contributed by atoms with Crippen molar-refractivity contribution in [2.75, 3.05) is 25.2 Å². The van der Waals surface area contributed by atoms with Crippen LogP contribution in [0.1, 0.15) is 0 Å². The highest BCUT2D eigenvalue weighted by Crippen LogP contribution is 2.40. The zero-order valence-electron chi connectivity index (χ0n) is 16.4. The molecular weight excluding hydrogens is 945 g/mol. The van der Waals surface area contributed by atoms with Crippen molar-refractivity contribution in [2.24, 2.45) is 5.41 Å². The minimum Gasteiger partial charge on any atom is -0.490 e. The summed E-state index contributed by atoms with van der Waals surface area (Å²) in [6.07, 6.45) is 0. The summed E-state index contributed by atoms with van der Waals surface area (Å²) in [5.74, 6) is 0.719. The van der Waals surface area contributed by atoms with E-state index in [-0.39, 0.29) is 18.5 Å². The fraction of sp³-hybridized carbons (Fsp3) is 0.333. The van der Waals surface area contributed by atoms with Crippen molar-refractivity contribution in [3.63, 3.8) is 0 Å². The molecule has 0 aliphatic carbocycles. The van der Waals surface area contributed by atoms with Crippen LogP contribution in [0.2, 0.25) is 0 Å². The van der Waals surface area contributed by atoms with Crippen molar-refractivity contribution >= 4 is 122 Å². The quantitative estimate of drug-likeness (QED) is 0.135. The minimum absolute atomic E-state index is 0.00902. The molecule has 16 heteroatoms. The van der Waals surface area contributed by atoms with Gasteiger partial charge in [0.2, 0.25) is 0 Å². The Hall–Kier alpha value is 1.10. The van der Waals surface area contributed by atoms with Gasteiger partial charge < -0.3 is 9.47 Å². The smallest absolute Gasteiger partial charge is 0.490 e. The maximum absolute atomic E-state index is 12.9. The molecule has 34 heavy (non-hydrogen) atoms. The largest absolute Gasteiger partial charge is 0.523 e. The number of rotatable bonds is 10. The van der Waals surface area contributed by atoms with E-state index >= 15 is 0 Å². The summed E-state index contributed by atoms with van der Waals surface area (Å²) < 4.78 is 81.7. The molecule has 0 aliphatic heterocycles. The first kappa shape index (κ1) is 31.3. The third-order valence-electron chi connectivity index (χ3n) is 4.06. The molecule has 0 saturated carbocycles. The van der Waals surface area contributed by atoms with Crippen LogP contribution in [0.3, 0.4) is 0 Å². The Morgan fingerprint density at radius 2 is 1.06 bits per heavy atom. The lowest BCUT2D eigenvalue weighted by Gasteiger charge is -2.32. The van der Waals surface area contributed by atoms with Crippen LogP contribution in [0.5, 0.6) is 11.5 Å². The van der Waals surface area contributed by atoms with Gasteiger partial charge in [0.15, 0.2) is 0 Å². The first-order valence-corrected chi connectivity index (χ1v) is 16.0. The maximum atomic E-state index is 12.9. The van der Waals surface area contributed by atoms with Crippen molar-refractivity contribution in [1.29, 1.82) is 0 Å². The van der Waals surface area contributed by atoms with Gasteiger partial charge in [-0.15, -0.1) is 0 Å². The van der Waals surface area contributed by atoms with Crippen LogP contribution in [0.4, 0.5) is 13.2 Å². The molecule has 0 spiro atoms. The van der Waals surface area contributed by atoms with Crippen LogP contribution in [0, 0.1) is 5.41 Å². The Bertz CT molecular complexity index is 1040. The molecule has 0 bridgehead atoms. The molecule has 0 aliphatic rings. The summed E-state index contributed by atoms with van der Waals surface area (Å²) in [7, 11) is -5.83. The third-order valence-corrected chi connectivity index (χ3v) is 9.52. The predicted octanol–water partition coefficient (Wildman–Crippen LogP) is 8.97. The van der Waals surface area contributed by atoms with Gasteiger partial charge in [-0.1, -0.05) is 47.8 Å². The van der Waals surface area contributed by atoms with E-state index in [9.17, 15) is 21.6 Å². The summed E-state index contributed by atoms with van der Waals surface area (Å²) in [4.78, 5) is 0. The van der Waals surface area contributed by atoms with Gasteiger partial charge in [-0.3, -0.25) is 4.18 Å². The van der Waals surface area contributed by atoms with E-state index in [0.717, 1.165) is 8.95 Å². The molecule has 190 valence electrons. The molecule has 0 amide bonds. The second-order valence-electron chi connectivity index (χ2n) is 6.77. The van der Waals surface area contributed by atoms with E-state index in [4.69, 9.17) is 9.47 Å². The Morgan fingerprint density at radius 3 is 1.35 bits per heavy atom. The van der Waals surface area contributed by atoms with Crippen molar-refractivity contribution < 1.29 is 35.2 Å². The second kappa shape index (κ2) is 12.8. The summed E-state index contributed by atoms with van der Waals surface area (Å²) >= 11 is 23.4. The molecule has 0 heterocycles. The second-order valence-corrected chi connectivity index (χ2v) is 14.2. The molecule has 0 unspecified atom stereocenters. The molecular formula is C18H12Br7F3O5S. The first-order chi connectivity index (χ1) is 15.6. The van der Waals surface area contributed by atoms with Gasteiger partial charge in [-0.2, -0.15) is 21.6 Å². The Balaban J connectivity index is 2.36. The van der Waals surface area contributed by atoms with Crippen LogP contribution < -0.4 is 9.47 Å². The Labute approximate surface area is 252 Å². The van der Waals surface area contributed by atoms with Gasteiger partial charge in [0, 0.05) is 14.3 Å². The molecule has 0 saturated heterocycles. The molecule has 0 fully saturated rings. The Kier molecular flexibility index (Phi) is 11.8. The molecule has 0 N–H and O–H groups in total. The standard InChI is InChI=1S/C18H12Br7F3O5S/c19-5-17(8-33-34(29,30)18(26,27)28,6-31-15-11(22)1-9(20)2-12(15)23)7-32-16-13(24)3-10(21)4-14(16)25/h1-4H,5-8H2. The van der Waals surface area contributed by atoms with E-state index in [2.05, 4.69) is 116 Å². The number of halogens is 10. The molecule has 0 atom stereocenters. The molecule has 5 nitrogen and oxygen atoms in total. The summed E-state index contributed by atoms with van der Waals surface area (Å²) in [5.41, 5.74) is -6.92. The van der Waals surface area contributed by atoms with Crippen molar-refractivity contribution in [3.8, 4) is 11.5 Å². The zero-order valence-corrected chi connectivity index (χ0v) is 28.3. The van der Waals surface area contributed by atoms with Crippen LogP contribution in [0.25, 0.3) is 0 Å². The van der Waals surface area contributed by atoms with Crippen molar-refractivity contribution in [3.05, 3.63) is 51.1 Å². The molecule has 0 radical (unpaired) electrons. The lowest BCUT2D eigenvalue weighted by atomic mass is 9.94. The lowest BCUT2D eigenvalue weighted by molar-refractivity contribution is -0.0583. The highest BCUT2D eigenvalue weighted by atomic mass is 79.9. The summed E-state index contributed by atoms with van der Waals surface area (Å²) in [6, 6.07) is 6.86. The van der Waals surface area contributed by atoms with Crippen LogP contribution in [-0.4, -0.2) is 39.1 Å². The summed E-state index contributed by atoms with van der Waals surface area (Å²) in [5, 5.41) is -0.00902. The van der Waals surface area contributed by atoms with Crippen LogP contribution in [-0.2, 0) is 14.3 Å². The van der Waals surface area contributed by atoms with Gasteiger partial charge in [0.05, 0.1) is 29.9 Å². The fourth-order valence-electron chi connectivity index (χ4n) is 2.29. The maximum Gasteiger partial charge on any atom is 0.523 e. The molecule has 2 aromatic carbocycles. The average molecular weight is 957 g/mol. The minimum atomic E-state index is -5.83. The highest BCUT2D eigenvalue weighted by Gasteiger charge is 2.49. The number of hydrogen-bond donors (Lipinski definition) is 0. The number of benzene rings is 2. The van der Waals surface area contributed by atoms with Gasteiger partial charge in [0.25, 0.3) is 0 Å². The van der Waals surface area contributed by atoms with E-state index in [1.54, 1.807) is 24.3 Å². The predicted molar refractivity (Wildman–Crippen MR) is 147 cm³/mol. The average Bonchev–Trinajstić information content (AvgIpc) is 2.69. The number of ether oxygens (including phenoxy) is 2. The van der Waals surface area contributed by atoms with Gasteiger partial charge in [-0.25, -0.2) is 0 Å².